The molecule has 7 nitrogen and oxygen atoms in total. The van der Waals surface area contributed by atoms with E-state index >= 15 is 0 Å². The zero-order valence-electron chi connectivity index (χ0n) is 21.5. The van der Waals surface area contributed by atoms with E-state index in [1.54, 1.807) is 25.3 Å². The molecule has 2 N–H and O–H groups in total. The highest BCUT2D eigenvalue weighted by Crippen LogP contribution is 2.50. The van der Waals surface area contributed by atoms with Gasteiger partial charge in [-0.25, -0.2) is 0 Å². The monoisotopic (exact) mass is 536 g/mol. The Morgan fingerprint density at radius 2 is 1.77 bits per heavy atom. The van der Waals surface area contributed by atoms with Gasteiger partial charge >= 0.3 is 0 Å². The summed E-state index contributed by atoms with van der Waals surface area (Å²) in [7, 11) is 1.58. The van der Waals surface area contributed by atoms with Crippen molar-refractivity contribution in [3.8, 4) is 11.1 Å². The average molecular weight is 537 g/mol. The van der Waals surface area contributed by atoms with Gasteiger partial charge in [0.05, 0.1) is 25.8 Å². The molecule has 2 amide bonds. The zero-order valence-corrected chi connectivity index (χ0v) is 21.5. The lowest BCUT2D eigenvalue weighted by molar-refractivity contribution is -0.159. The number of benzene rings is 3. The first-order valence-corrected chi connectivity index (χ1v) is 12.8. The number of carbonyl (C=O) groups excluding carboxylic acids is 2. The van der Waals surface area contributed by atoms with Gasteiger partial charge in [0.15, 0.2) is 6.29 Å². The highest BCUT2D eigenvalue weighted by atomic mass is 19.3. The zero-order chi connectivity index (χ0) is 27.6. The summed E-state index contributed by atoms with van der Waals surface area (Å²) in [5, 5.41) is 13.4. The molecule has 5 rings (SSSR count). The number of amides is 2. The molecule has 2 aliphatic rings. The predicted molar refractivity (Wildman–Crippen MR) is 140 cm³/mol. The first-order valence-electron chi connectivity index (χ1n) is 12.8. The standard InChI is InChI=1S/C30H30F2N2O5/c1-38-17-20-13-26(29(37)39-18-19-7-3-2-4-8-19)34(16-20)27(35)15-33-28(36)21-11-12-25-23(14-21)22-9-5-6-10-24(22)30(25,31)32/h2-12,14,20,26,29,37H,13,15-18H2,1H3,(H,33,36)/t20-,26-,29?/m0/s1. The van der Waals surface area contributed by atoms with Crippen molar-refractivity contribution in [2.75, 3.05) is 26.8 Å². The van der Waals surface area contributed by atoms with Crippen LogP contribution >= 0.6 is 0 Å². The molecule has 1 saturated heterocycles. The fourth-order valence-corrected chi connectivity index (χ4v) is 5.42. The van der Waals surface area contributed by atoms with E-state index in [-0.39, 0.29) is 41.7 Å². The summed E-state index contributed by atoms with van der Waals surface area (Å²) in [5.41, 5.74) is 1.52. The molecule has 1 aliphatic heterocycles. The number of halogens is 2. The number of nitrogens with one attached hydrogen (secondary N) is 1. The van der Waals surface area contributed by atoms with E-state index in [2.05, 4.69) is 5.32 Å². The van der Waals surface area contributed by atoms with Gasteiger partial charge in [0.2, 0.25) is 5.91 Å². The molecule has 204 valence electrons. The predicted octanol–water partition coefficient (Wildman–Crippen LogP) is 3.94. The number of alkyl halides is 2. The molecule has 0 bridgehead atoms. The molecule has 0 aromatic heterocycles. The maximum atomic E-state index is 14.8. The first kappa shape index (κ1) is 26.9. The lowest BCUT2D eigenvalue weighted by atomic mass is 10.0. The highest BCUT2D eigenvalue weighted by molar-refractivity contribution is 5.98. The third-order valence-corrected chi connectivity index (χ3v) is 7.32. The number of ether oxygens (including phenoxy) is 2. The van der Waals surface area contributed by atoms with Gasteiger partial charge in [0, 0.05) is 36.3 Å². The lowest BCUT2D eigenvalue weighted by Crippen LogP contribution is -2.47. The third-order valence-electron chi connectivity index (χ3n) is 7.32. The van der Waals surface area contributed by atoms with Crippen LogP contribution in [0, 0.1) is 5.92 Å². The Hall–Kier alpha value is -3.66. The molecule has 0 saturated carbocycles. The van der Waals surface area contributed by atoms with Gasteiger partial charge in [0.1, 0.15) is 0 Å². The van der Waals surface area contributed by atoms with Crippen LogP contribution in [0.1, 0.15) is 33.5 Å². The van der Waals surface area contributed by atoms with E-state index < -0.39 is 24.2 Å². The normalized spacial score (nSPS) is 19.8. The number of hydrogen-bond acceptors (Lipinski definition) is 5. The van der Waals surface area contributed by atoms with Crippen molar-refractivity contribution in [2.45, 2.75) is 31.3 Å². The van der Waals surface area contributed by atoms with Gasteiger partial charge in [-0.3, -0.25) is 9.59 Å². The van der Waals surface area contributed by atoms with Crippen molar-refractivity contribution >= 4 is 11.8 Å². The number of hydrogen-bond donors (Lipinski definition) is 2. The van der Waals surface area contributed by atoms with Crippen LogP contribution in [-0.4, -0.2) is 61.0 Å². The van der Waals surface area contributed by atoms with Gasteiger partial charge in [-0.05, 0) is 35.2 Å². The second kappa shape index (κ2) is 11.2. The molecule has 1 fully saturated rings. The highest BCUT2D eigenvalue weighted by Gasteiger charge is 2.44. The summed E-state index contributed by atoms with van der Waals surface area (Å²) in [4.78, 5) is 27.6. The molecular weight excluding hydrogens is 506 g/mol. The Kier molecular flexibility index (Phi) is 7.74. The Bertz CT molecular complexity index is 1350. The van der Waals surface area contributed by atoms with Crippen LogP contribution < -0.4 is 5.32 Å². The molecule has 1 unspecified atom stereocenters. The van der Waals surface area contributed by atoms with Crippen molar-refractivity contribution in [3.63, 3.8) is 0 Å². The minimum absolute atomic E-state index is 0.00748. The number of aliphatic hydroxyl groups is 1. The number of methoxy groups -OCH3 is 1. The van der Waals surface area contributed by atoms with Crippen LogP contribution in [0.4, 0.5) is 8.78 Å². The minimum atomic E-state index is -3.14. The van der Waals surface area contributed by atoms with Crippen molar-refractivity contribution < 1.29 is 33.0 Å². The van der Waals surface area contributed by atoms with Crippen LogP contribution in [-0.2, 0) is 26.8 Å². The summed E-state index contributed by atoms with van der Waals surface area (Å²) in [6.45, 7) is 0.639. The molecule has 1 heterocycles. The number of rotatable bonds is 9. The second-order valence-electron chi connectivity index (χ2n) is 9.92. The fraction of sp³-hybridized carbons (Fsp3) is 0.333. The number of carbonyl (C=O) groups is 2. The van der Waals surface area contributed by atoms with Crippen molar-refractivity contribution in [1.82, 2.24) is 10.2 Å². The van der Waals surface area contributed by atoms with E-state index in [0.29, 0.717) is 30.7 Å². The molecule has 3 aromatic carbocycles. The van der Waals surface area contributed by atoms with E-state index in [9.17, 15) is 23.5 Å². The summed E-state index contributed by atoms with van der Waals surface area (Å²) in [6.07, 6.45) is -0.729. The molecule has 9 heteroatoms. The van der Waals surface area contributed by atoms with Crippen LogP contribution in [0.2, 0.25) is 0 Å². The number of likely N-dealkylation sites (tertiary alicyclic amines) is 1. The summed E-state index contributed by atoms with van der Waals surface area (Å²) < 4.78 is 40.6. The molecule has 3 atom stereocenters. The van der Waals surface area contributed by atoms with E-state index in [1.807, 2.05) is 30.3 Å². The first-order chi connectivity index (χ1) is 18.8. The quantitative estimate of drug-likeness (QED) is 0.405. The Morgan fingerprint density at radius 1 is 1.05 bits per heavy atom. The smallest absolute Gasteiger partial charge is 0.299 e. The molecule has 3 aromatic rings. The average Bonchev–Trinajstić information content (AvgIpc) is 3.48. The second-order valence-corrected chi connectivity index (χ2v) is 9.92. The van der Waals surface area contributed by atoms with Crippen LogP contribution in [0.25, 0.3) is 11.1 Å². The van der Waals surface area contributed by atoms with Crippen molar-refractivity contribution in [1.29, 1.82) is 0 Å². The Morgan fingerprint density at radius 3 is 2.54 bits per heavy atom. The van der Waals surface area contributed by atoms with Gasteiger partial charge < -0.3 is 24.8 Å². The minimum Gasteiger partial charge on any atom is -0.384 e. The summed E-state index contributed by atoms with van der Waals surface area (Å²) in [5.74, 6) is -4.06. The van der Waals surface area contributed by atoms with Crippen LogP contribution in [0.15, 0.2) is 72.8 Å². The van der Waals surface area contributed by atoms with Crippen molar-refractivity contribution in [3.05, 3.63) is 95.1 Å². The summed E-state index contributed by atoms with van der Waals surface area (Å²) in [6, 6.07) is 19.1. The fourth-order valence-electron chi connectivity index (χ4n) is 5.42. The molecular formula is C30H30F2N2O5. The number of aliphatic hydroxyl groups excluding tert-OH is 1. The lowest BCUT2D eigenvalue weighted by Gasteiger charge is -2.28. The number of fused-ring (bicyclic) bond motifs is 3. The van der Waals surface area contributed by atoms with E-state index in [1.165, 1.54) is 29.2 Å². The topological polar surface area (TPSA) is 88.1 Å². The van der Waals surface area contributed by atoms with Gasteiger partial charge in [0.25, 0.3) is 11.8 Å². The van der Waals surface area contributed by atoms with Gasteiger partial charge in [-0.1, -0.05) is 60.7 Å². The number of nitrogens with zero attached hydrogens (tertiary/aromatic N) is 1. The van der Waals surface area contributed by atoms with E-state index in [4.69, 9.17) is 9.47 Å². The molecule has 0 spiro atoms. The maximum absolute atomic E-state index is 14.8. The van der Waals surface area contributed by atoms with Crippen LogP contribution in [0.3, 0.4) is 0 Å². The largest absolute Gasteiger partial charge is 0.384 e. The SMILES string of the molecule is COC[C@H]1C[C@@H](C(O)OCc2ccccc2)N(C(=O)CNC(=O)c2ccc3c(c2)-c2ccccc2C3(F)F)C1. The summed E-state index contributed by atoms with van der Waals surface area (Å²) >= 11 is 0. The molecule has 1 aliphatic carbocycles. The van der Waals surface area contributed by atoms with Gasteiger partial charge in [-0.15, -0.1) is 0 Å². The maximum Gasteiger partial charge on any atom is 0.299 e. The van der Waals surface area contributed by atoms with Crippen LogP contribution in [0.5, 0.6) is 0 Å². The molecule has 39 heavy (non-hydrogen) atoms. The Labute approximate surface area is 225 Å². The molecule has 0 radical (unpaired) electrons. The third kappa shape index (κ3) is 5.43. The Balaban J connectivity index is 1.24. The van der Waals surface area contributed by atoms with Gasteiger partial charge in [-0.2, -0.15) is 8.78 Å². The van der Waals surface area contributed by atoms with E-state index in [0.717, 1.165) is 5.56 Å². The van der Waals surface area contributed by atoms with Crippen molar-refractivity contribution in [2.24, 2.45) is 5.92 Å².